The number of nitrogens with two attached hydrogens (primary N) is 1. The first kappa shape index (κ1) is 9.48. The first-order chi connectivity index (χ1) is 6.65. The number of aromatic nitrogens is 2. The van der Waals surface area contributed by atoms with Crippen molar-refractivity contribution in [2.24, 2.45) is 0 Å². The summed E-state index contributed by atoms with van der Waals surface area (Å²) in [5.74, 6) is 0.353. The van der Waals surface area contributed by atoms with Crippen molar-refractivity contribution in [3.05, 3.63) is 27.7 Å². The highest BCUT2D eigenvalue weighted by Gasteiger charge is 2.07. The lowest BCUT2D eigenvalue weighted by Crippen LogP contribution is -1.81. The minimum Gasteiger partial charge on any atom is -0.404 e. The molecule has 4 nitrogen and oxygen atoms in total. The molecule has 72 valence electrons. The molecular weight excluding hydrogens is 269 g/mol. The van der Waals surface area contributed by atoms with Crippen LogP contribution < -0.4 is 5.73 Å². The van der Waals surface area contributed by atoms with Gasteiger partial charge in [0.05, 0.1) is 0 Å². The van der Waals surface area contributed by atoms with Crippen molar-refractivity contribution in [3.63, 3.8) is 0 Å². The van der Waals surface area contributed by atoms with E-state index in [-0.39, 0.29) is 6.01 Å². The molecule has 1 aromatic heterocycles. The van der Waals surface area contributed by atoms with E-state index in [1.165, 1.54) is 0 Å². The number of hydrogen-bond acceptors (Lipinski definition) is 4. The molecule has 0 saturated carbocycles. The summed E-state index contributed by atoms with van der Waals surface area (Å²) < 4.78 is 5.90. The van der Waals surface area contributed by atoms with Gasteiger partial charge in [0.2, 0.25) is 5.89 Å². The summed E-state index contributed by atoms with van der Waals surface area (Å²) in [5, 5.41) is 7.89. The van der Waals surface area contributed by atoms with Crippen molar-refractivity contribution in [3.8, 4) is 11.5 Å². The minimum absolute atomic E-state index is 0.0381. The zero-order valence-electron chi connectivity index (χ0n) is 6.87. The van der Waals surface area contributed by atoms with Gasteiger partial charge in [0.15, 0.2) is 0 Å². The molecule has 0 unspecified atom stereocenters. The Morgan fingerprint density at radius 2 is 2.07 bits per heavy atom. The fourth-order valence-electron chi connectivity index (χ4n) is 1.03. The first-order valence-corrected chi connectivity index (χ1v) is 4.88. The van der Waals surface area contributed by atoms with E-state index in [4.69, 9.17) is 21.8 Å². The maximum Gasteiger partial charge on any atom is 0.313 e. The second-order valence-electron chi connectivity index (χ2n) is 2.60. The van der Waals surface area contributed by atoms with E-state index < -0.39 is 0 Å². The van der Waals surface area contributed by atoms with Crippen LogP contribution in [0.15, 0.2) is 27.1 Å². The van der Waals surface area contributed by atoms with Crippen molar-refractivity contribution in [2.45, 2.75) is 0 Å². The minimum atomic E-state index is 0.0381. The van der Waals surface area contributed by atoms with Crippen molar-refractivity contribution < 1.29 is 4.42 Å². The normalized spacial score (nSPS) is 10.4. The molecule has 0 radical (unpaired) electrons. The quantitative estimate of drug-likeness (QED) is 0.868. The Balaban J connectivity index is 2.51. The molecule has 1 aromatic carbocycles. The second kappa shape index (κ2) is 3.59. The Bertz CT molecular complexity index is 451. The number of rotatable bonds is 1. The number of benzene rings is 1. The molecule has 0 bridgehead atoms. The maximum atomic E-state index is 5.86. The molecule has 0 amide bonds. The lowest BCUT2D eigenvalue weighted by molar-refractivity contribution is 0.590. The van der Waals surface area contributed by atoms with E-state index in [0.29, 0.717) is 10.9 Å². The smallest absolute Gasteiger partial charge is 0.313 e. The van der Waals surface area contributed by atoms with Crippen molar-refractivity contribution in [1.82, 2.24) is 10.2 Å². The van der Waals surface area contributed by atoms with Gasteiger partial charge >= 0.3 is 6.01 Å². The molecule has 1 heterocycles. The van der Waals surface area contributed by atoms with Gasteiger partial charge in [-0.1, -0.05) is 32.6 Å². The van der Waals surface area contributed by atoms with E-state index in [1.807, 2.05) is 6.07 Å². The van der Waals surface area contributed by atoms with Gasteiger partial charge in [0.1, 0.15) is 0 Å². The van der Waals surface area contributed by atoms with Crippen LogP contribution in [0.1, 0.15) is 0 Å². The van der Waals surface area contributed by atoms with Crippen LogP contribution in [0.3, 0.4) is 0 Å². The van der Waals surface area contributed by atoms with Crippen molar-refractivity contribution in [1.29, 1.82) is 0 Å². The molecular formula is C8H5BrClN3O. The zero-order chi connectivity index (χ0) is 10.1. The summed E-state index contributed by atoms with van der Waals surface area (Å²) in [6.45, 7) is 0. The number of anilines is 1. The molecule has 2 N–H and O–H groups in total. The molecule has 0 saturated heterocycles. The lowest BCUT2D eigenvalue weighted by atomic mass is 10.2. The molecule has 6 heteroatoms. The lowest BCUT2D eigenvalue weighted by Gasteiger charge is -1.97. The summed E-state index contributed by atoms with van der Waals surface area (Å²) in [4.78, 5) is 0. The summed E-state index contributed by atoms with van der Waals surface area (Å²) in [5.41, 5.74) is 6.04. The van der Waals surface area contributed by atoms with Crippen LogP contribution in [0.2, 0.25) is 5.02 Å². The predicted molar refractivity (Wildman–Crippen MR) is 56.9 cm³/mol. The van der Waals surface area contributed by atoms with Gasteiger partial charge in [-0.15, -0.1) is 5.10 Å². The highest BCUT2D eigenvalue weighted by atomic mass is 79.9. The molecule has 0 aliphatic heterocycles. The Labute approximate surface area is 93.2 Å². The van der Waals surface area contributed by atoms with Gasteiger partial charge in [-0.05, 0) is 18.2 Å². The third kappa shape index (κ3) is 1.88. The third-order valence-electron chi connectivity index (χ3n) is 1.55. The highest BCUT2D eigenvalue weighted by molar-refractivity contribution is 9.10. The molecule has 2 aromatic rings. The fraction of sp³-hybridized carbons (Fsp3) is 0. The number of nitrogen functional groups attached to an aromatic ring is 1. The average molecular weight is 275 g/mol. The number of nitrogens with zero attached hydrogens (tertiary/aromatic N) is 2. The van der Waals surface area contributed by atoms with Gasteiger partial charge in [-0.3, -0.25) is 0 Å². The van der Waals surface area contributed by atoms with E-state index in [1.54, 1.807) is 12.1 Å². The summed E-state index contributed by atoms with van der Waals surface area (Å²) in [6, 6.07) is 5.35. The van der Waals surface area contributed by atoms with E-state index in [9.17, 15) is 0 Å². The Morgan fingerprint density at radius 3 is 2.64 bits per heavy atom. The topological polar surface area (TPSA) is 64.9 Å². The summed E-state index contributed by atoms with van der Waals surface area (Å²) in [7, 11) is 0. The highest BCUT2D eigenvalue weighted by Crippen LogP contribution is 2.26. The van der Waals surface area contributed by atoms with Crippen LogP contribution in [0.25, 0.3) is 11.5 Å². The monoisotopic (exact) mass is 273 g/mol. The van der Waals surface area contributed by atoms with Gasteiger partial charge in [0, 0.05) is 15.1 Å². The van der Waals surface area contributed by atoms with Gasteiger partial charge in [-0.2, -0.15) is 0 Å². The molecule has 14 heavy (non-hydrogen) atoms. The largest absolute Gasteiger partial charge is 0.404 e. The molecule has 0 atom stereocenters. The van der Waals surface area contributed by atoms with Gasteiger partial charge in [0.25, 0.3) is 0 Å². The zero-order valence-corrected chi connectivity index (χ0v) is 9.21. The van der Waals surface area contributed by atoms with E-state index in [0.717, 1.165) is 10.0 Å². The molecule has 0 fully saturated rings. The van der Waals surface area contributed by atoms with Crippen LogP contribution in [0.5, 0.6) is 0 Å². The van der Waals surface area contributed by atoms with E-state index >= 15 is 0 Å². The first-order valence-electron chi connectivity index (χ1n) is 3.70. The standard InChI is InChI=1S/C8H5BrClN3O/c9-5-1-4(2-6(10)3-5)7-12-13-8(11)14-7/h1-3H,(H2,11,13). The number of halogens is 2. The predicted octanol–water partition coefficient (Wildman–Crippen LogP) is 2.73. The van der Waals surface area contributed by atoms with Gasteiger partial charge < -0.3 is 10.2 Å². The molecule has 0 aliphatic rings. The summed E-state index contributed by atoms with van der Waals surface area (Å²) >= 11 is 9.17. The molecule has 0 spiro atoms. The summed E-state index contributed by atoms with van der Waals surface area (Å²) in [6.07, 6.45) is 0. The Hall–Kier alpha value is -1.07. The van der Waals surface area contributed by atoms with Gasteiger partial charge in [-0.25, -0.2) is 0 Å². The average Bonchev–Trinajstić information content (AvgIpc) is 2.50. The van der Waals surface area contributed by atoms with Crippen LogP contribution in [-0.2, 0) is 0 Å². The Morgan fingerprint density at radius 1 is 1.29 bits per heavy atom. The molecule has 2 rings (SSSR count). The second-order valence-corrected chi connectivity index (χ2v) is 3.96. The molecule has 0 aliphatic carbocycles. The maximum absolute atomic E-state index is 5.86. The SMILES string of the molecule is Nc1nnc(-c2cc(Cl)cc(Br)c2)o1. The van der Waals surface area contributed by atoms with E-state index in [2.05, 4.69) is 26.1 Å². The van der Waals surface area contributed by atoms with Crippen LogP contribution in [0.4, 0.5) is 6.01 Å². The third-order valence-corrected chi connectivity index (χ3v) is 2.23. The van der Waals surface area contributed by atoms with Crippen LogP contribution in [0, 0.1) is 0 Å². The van der Waals surface area contributed by atoms with Crippen molar-refractivity contribution in [2.75, 3.05) is 5.73 Å². The van der Waals surface area contributed by atoms with Crippen LogP contribution >= 0.6 is 27.5 Å². The van der Waals surface area contributed by atoms with Crippen LogP contribution in [-0.4, -0.2) is 10.2 Å². The Kier molecular flexibility index (Phi) is 2.43. The fourth-order valence-corrected chi connectivity index (χ4v) is 1.89. The number of hydrogen-bond donors (Lipinski definition) is 1. The van der Waals surface area contributed by atoms with Crippen molar-refractivity contribution >= 4 is 33.5 Å².